The number of aliphatic hydroxyl groups excluding tert-OH is 1. The number of carbonyl (C=O) groups excluding carboxylic acids is 2. The molecule has 1 aliphatic rings. The summed E-state index contributed by atoms with van der Waals surface area (Å²) in [6.45, 7) is 4.54. The number of carbonyl (C=O) groups is 2. The van der Waals surface area contributed by atoms with E-state index in [9.17, 15) is 19.8 Å². The Morgan fingerprint density at radius 3 is 2.58 bits per heavy atom. The largest absolute Gasteiger partial charge is 0.508 e. The molecule has 0 spiro atoms. The van der Waals surface area contributed by atoms with Crippen molar-refractivity contribution in [1.29, 1.82) is 0 Å². The zero-order valence-corrected chi connectivity index (χ0v) is 19.8. The summed E-state index contributed by atoms with van der Waals surface area (Å²) in [4.78, 5) is 35.5. The Labute approximate surface area is 207 Å². The standard InChI is InChI=1S/C28H25N3O5/c1-16(2)15-36-20-10-6-8-18(14-20)25(33)23-24(17-7-5-9-19(32)13-17)31(27(35)26(23)34)28-29-21-11-3-4-12-22(21)30-28/h3-14,16,24,32-33H,15H2,1-2H3,(H,29,30)/b25-23+. The maximum Gasteiger partial charge on any atom is 0.302 e. The second-order valence-electron chi connectivity index (χ2n) is 9.07. The molecule has 1 atom stereocenters. The van der Waals surface area contributed by atoms with Crippen LogP contribution in [0.3, 0.4) is 0 Å². The van der Waals surface area contributed by atoms with E-state index in [2.05, 4.69) is 9.97 Å². The summed E-state index contributed by atoms with van der Waals surface area (Å²) >= 11 is 0. The number of anilines is 1. The van der Waals surface area contributed by atoms with Gasteiger partial charge in [0.15, 0.2) is 0 Å². The molecule has 3 aromatic carbocycles. The fourth-order valence-corrected chi connectivity index (χ4v) is 4.27. The van der Waals surface area contributed by atoms with Crippen molar-refractivity contribution in [2.24, 2.45) is 5.92 Å². The lowest BCUT2D eigenvalue weighted by Gasteiger charge is -2.23. The predicted octanol–water partition coefficient (Wildman–Crippen LogP) is 4.93. The Morgan fingerprint density at radius 2 is 1.83 bits per heavy atom. The number of aromatic hydroxyl groups is 1. The number of benzene rings is 3. The number of hydrogen-bond donors (Lipinski definition) is 3. The van der Waals surface area contributed by atoms with Gasteiger partial charge in [-0.05, 0) is 47.9 Å². The molecule has 182 valence electrons. The van der Waals surface area contributed by atoms with Crippen molar-refractivity contribution in [2.45, 2.75) is 19.9 Å². The first kappa shape index (κ1) is 23.2. The molecule has 1 amide bonds. The summed E-state index contributed by atoms with van der Waals surface area (Å²) in [6, 6.07) is 19.2. The summed E-state index contributed by atoms with van der Waals surface area (Å²) in [6.07, 6.45) is 0. The Balaban J connectivity index is 1.66. The molecule has 1 unspecified atom stereocenters. The number of imidazole rings is 1. The van der Waals surface area contributed by atoms with Gasteiger partial charge in [-0.25, -0.2) is 4.98 Å². The SMILES string of the molecule is CC(C)COc1cccc(/C(O)=C2\C(=O)C(=O)N(c3nc4ccccc4[nH]3)C2c2cccc(O)c2)c1. The number of fused-ring (bicyclic) bond motifs is 1. The van der Waals surface area contributed by atoms with Crippen molar-refractivity contribution in [1.82, 2.24) is 9.97 Å². The fourth-order valence-electron chi connectivity index (χ4n) is 4.27. The van der Waals surface area contributed by atoms with Gasteiger partial charge in [0, 0.05) is 5.56 Å². The van der Waals surface area contributed by atoms with Gasteiger partial charge in [-0.3, -0.25) is 14.5 Å². The van der Waals surface area contributed by atoms with Crippen molar-refractivity contribution in [3.05, 3.63) is 89.5 Å². The lowest BCUT2D eigenvalue weighted by molar-refractivity contribution is -0.132. The number of nitrogens with zero attached hydrogens (tertiary/aromatic N) is 2. The highest BCUT2D eigenvalue weighted by atomic mass is 16.5. The molecular formula is C28H25N3O5. The van der Waals surface area contributed by atoms with Crippen molar-refractivity contribution in [3.8, 4) is 11.5 Å². The molecule has 4 aromatic rings. The minimum absolute atomic E-state index is 0.0354. The number of hydrogen-bond acceptors (Lipinski definition) is 6. The van der Waals surface area contributed by atoms with Crippen LogP contribution >= 0.6 is 0 Å². The molecule has 0 radical (unpaired) electrons. The summed E-state index contributed by atoms with van der Waals surface area (Å²) < 4.78 is 5.78. The number of nitrogens with one attached hydrogen (secondary N) is 1. The minimum atomic E-state index is -1.02. The van der Waals surface area contributed by atoms with Crippen molar-refractivity contribution < 1.29 is 24.5 Å². The number of aliphatic hydroxyl groups is 1. The summed E-state index contributed by atoms with van der Waals surface area (Å²) in [5.41, 5.74) is 2.00. The van der Waals surface area contributed by atoms with E-state index in [0.717, 1.165) is 0 Å². The van der Waals surface area contributed by atoms with E-state index < -0.39 is 17.7 Å². The number of phenols is 1. The van der Waals surface area contributed by atoms with Crippen LogP contribution in [-0.2, 0) is 9.59 Å². The number of H-pyrrole nitrogens is 1. The van der Waals surface area contributed by atoms with Gasteiger partial charge < -0.3 is 19.9 Å². The van der Waals surface area contributed by atoms with Gasteiger partial charge in [0.1, 0.15) is 17.3 Å². The van der Waals surface area contributed by atoms with Gasteiger partial charge in [-0.2, -0.15) is 0 Å². The lowest BCUT2D eigenvalue weighted by atomic mass is 9.95. The van der Waals surface area contributed by atoms with Crippen molar-refractivity contribution in [2.75, 3.05) is 11.5 Å². The zero-order chi connectivity index (χ0) is 25.4. The first-order chi connectivity index (χ1) is 17.3. The van der Waals surface area contributed by atoms with Crippen LogP contribution < -0.4 is 9.64 Å². The van der Waals surface area contributed by atoms with Crippen LogP contribution in [0.5, 0.6) is 11.5 Å². The highest BCUT2D eigenvalue weighted by molar-refractivity contribution is 6.51. The minimum Gasteiger partial charge on any atom is -0.508 e. The van der Waals surface area contributed by atoms with Crippen LogP contribution in [-0.4, -0.2) is 38.5 Å². The molecule has 0 saturated carbocycles. The number of ketones is 1. The van der Waals surface area contributed by atoms with Crippen molar-refractivity contribution >= 4 is 34.4 Å². The molecule has 5 rings (SSSR count). The molecule has 1 aromatic heterocycles. The maximum absolute atomic E-state index is 13.3. The van der Waals surface area contributed by atoms with Gasteiger partial charge in [0.25, 0.3) is 5.78 Å². The highest BCUT2D eigenvalue weighted by Gasteiger charge is 2.48. The first-order valence-corrected chi connectivity index (χ1v) is 11.6. The molecule has 1 fully saturated rings. The van der Waals surface area contributed by atoms with Gasteiger partial charge in [0.05, 0.1) is 29.3 Å². The van der Waals surface area contributed by atoms with Crippen LogP contribution in [0.1, 0.15) is 31.0 Å². The number of Topliss-reactive ketones (excluding diaryl/α,β-unsaturated/α-hetero) is 1. The van der Waals surface area contributed by atoms with Crippen LogP contribution in [0.2, 0.25) is 0 Å². The molecule has 2 heterocycles. The number of phenolic OH excluding ortho intramolecular Hbond substituents is 1. The number of aromatic nitrogens is 2. The Morgan fingerprint density at radius 1 is 1.06 bits per heavy atom. The quantitative estimate of drug-likeness (QED) is 0.203. The number of rotatable bonds is 6. The third-order valence-corrected chi connectivity index (χ3v) is 5.93. The van der Waals surface area contributed by atoms with Crippen LogP contribution in [0.25, 0.3) is 16.8 Å². The van der Waals surface area contributed by atoms with Gasteiger partial charge >= 0.3 is 5.91 Å². The number of amides is 1. The summed E-state index contributed by atoms with van der Waals surface area (Å²) in [7, 11) is 0. The third kappa shape index (κ3) is 4.17. The van der Waals surface area contributed by atoms with E-state index in [1.165, 1.54) is 17.0 Å². The molecule has 8 heteroatoms. The Bertz CT molecular complexity index is 1470. The van der Waals surface area contributed by atoms with Crippen LogP contribution in [0.4, 0.5) is 5.95 Å². The monoisotopic (exact) mass is 483 g/mol. The van der Waals surface area contributed by atoms with E-state index in [1.807, 2.05) is 32.0 Å². The van der Waals surface area contributed by atoms with E-state index >= 15 is 0 Å². The molecule has 0 aliphatic carbocycles. The predicted molar refractivity (Wildman–Crippen MR) is 136 cm³/mol. The number of para-hydroxylation sites is 2. The number of aromatic amines is 1. The molecule has 3 N–H and O–H groups in total. The third-order valence-electron chi connectivity index (χ3n) is 5.93. The second kappa shape index (κ2) is 9.22. The molecule has 36 heavy (non-hydrogen) atoms. The topological polar surface area (TPSA) is 116 Å². The Kier molecular flexibility index (Phi) is 5.93. The fraction of sp³-hybridized carbons (Fsp3) is 0.179. The van der Waals surface area contributed by atoms with Crippen molar-refractivity contribution in [3.63, 3.8) is 0 Å². The first-order valence-electron chi connectivity index (χ1n) is 11.6. The molecule has 0 bridgehead atoms. The number of ether oxygens (including phenoxy) is 1. The van der Waals surface area contributed by atoms with E-state index in [0.29, 0.717) is 40.4 Å². The molecule has 1 saturated heterocycles. The zero-order valence-electron chi connectivity index (χ0n) is 19.8. The van der Waals surface area contributed by atoms with E-state index in [1.54, 1.807) is 42.5 Å². The molecule has 1 aliphatic heterocycles. The summed E-state index contributed by atoms with van der Waals surface area (Å²) in [5.74, 6) is -1.05. The second-order valence-corrected chi connectivity index (χ2v) is 9.07. The maximum atomic E-state index is 13.3. The average Bonchev–Trinajstić information content (AvgIpc) is 3.41. The Hall–Kier alpha value is -4.59. The lowest BCUT2D eigenvalue weighted by Crippen LogP contribution is -2.30. The van der Waals surface area contributed by atoms with E-state index in [4.69, 9.17) is 4.74 Å². The van der Waals surface area contributed by atoms with Gasteiger partial charge in [0.2, 0.25) is 5.95 Å². The average molecular weight is 484 g/mol. The molecule has 8 nitrogen and oxygen atoms in total. The van der Waals surface area contributed by atoms with Gasteiger partial charge in [-0.1, -0.05) is 50.2 Å². The highest BCUT2D eigenvalue weighted by Crippen LogP contribution is 2.42. The molecular weight excluding hydrogens is 458 g/mol. The smallest absolute Gasteiger partial charge is 0.302 e. The van der Waals surface area contributed by atoms with E-state index in [-0.39, 0.29) is 23.0 Å². The van der Waals surface area contributed by atoms with Gasteiger partial charge in [-0.15, -0.1) is 0 Å². The normalized spacial score (nSPS) is 17.3. The summed E-state index contributed by atoms with van der Waals surface area (Å²) in [5, 5.41) is 21.5. The van der Waals surface area contributed by atoms with Crippen LogP contribution in [0, 0.1) is 5.92 Å². The van der Waals surface area contributed by atoms with Crippen LogP contribution in [0.15, 0.2) is 78.4 Å².